The van der Waals surface area contributed by atoms with Crippen molar-refractivity contribution >= 4 is 27.5 Å². The Labute approximate surface area is 123 Å². The van der Waals surface area contributed by atoms with Gasteiger partial charge in [-0.15, -0.1) is 0 Å². The van der Waals surface area contributed by atoms with E-state index in [1.165, 1.54) is 4.57 Å². The fourth-order valence-electron chi connectivity index (χ4n) is 1.99. The minimum absolute atomic E-state index is 0.106. The largest absolute Gasteiger partial charge is 0.358 e. The number of carbonyl (C=O) groups excluding carboxylic acids is 1. The molecule has 0 radical (unpaired) electrons. The van der Waals surface area contributed by atoms with Crippen LogP contribution in [0.3, 0.4) is 0 Å². The summed E-state index contributed by atoms with van der Waals surface area (Å²) in [7, 11) is 0. The number of carbonyl (C=O) groups is 1. The first-order chi connectivity index (χ1) is 9.41. The van der Waals surface area contributed by atoms with Crippen LogP contribution in [0.1, 0.15) is 21.7 Å². The summed E-state index contributed by atoms with van der Waals surface area (Å²) in [6.45, 7) is 3.35. The van der Waals surface area contributed by atoms with Gasteiger partial charge in [-0.05, 0) is 33.3 Å². The highest BCUT2D eigenvalue weighted by Gasteiger charge is 2.26. The molecule has 0 unspecified atom stereocenters. The molecule has 0 bridgehead atoms. The summed E-state index contributed by atoms with van der Waals surface area (Å²) >= 11 is 3.04. The highest BCUT2D eigenvalue weighted by molar-refractivity contribution is 9.10. The Kier molecular flexibility index (Phi) is 3.99. The van der Waals surface area contributed by atoms with Gasteiger partial charge in [-0.1, -0.05) is 24.3 Å². The predicted molar refractivity (Wildman–Crippen MR) is 76.8 cm³/mol. The molecule has 0 spiro atoms. The molecule has 0 N–H and O–H groups in total. The summed E-state index contributed by atoms with van der Waals surface area (Å²) in [5.74, 6) is 0.0362. The molecule has 0 amide bonds. The van der Waals surface area contributed by atoms with Crippen LogP contribution >= 0.6 is 15.9 Å². The molecule has 7 heteroatoms. The summed E-state index contributed by atoms with van der Waals surface area (Å²) in [6, 6.07) is 7.15. The molecule has 0 saturated heterocycles. The summed E-state index contributed by atoms with van der Waals surface area (Å²) in [4.78, 5) is 26.8. The second-order valence-corrected chi connectivity index (χ2v) is 5.11. The highest BCUT2D eigenvalue weighted by Crippen LogP contribution is 2.26. The van der Waals surface area contributed by atoms with Gasteiger partial charge in [-0.3, -0.25) is 4.79 Å². The molecule has 1 aromatic heterocycles. The third-order valence-corrected chi connectivity index (χ3v) is 3.54. The zero-order valence-electron chi connectivity index (χ0n) is 11.0. The molecule has 20 heavy (non-hydrogen) atoms. The molecule has 6 nitrogen and oxygen atoms in total. The molecular formula is C13H12BrN3O3. The Bertz CT molecular complexity index is 694. The first-order valence-electron chi connectivity index (χ1n) is 5.87. The number of nitrogens with zero attached hydrogens (tertiary/aromatic N) is 3. The van der Waals surface area contributed by atoms with Gasteiger partial charge in [0.2, 0.25) is 10.4 Å². The van der Waals surface area contributed by atoms with E-state index in [1.54, 1.807) is 19.1 Å². The van der Waals surface area contributed by atoms with E-state index < -0.39 is 4.92 Å². The van der Waals surface area contributed by atoms with Crippen LogP contribution in [-0.4, -0.2) is 20.3 Å². The van der Waals surface area contributed by atoms with E-state index in [0.29, 0.717) is 11.4 Å². The molecule has 0 aliphatic heterocycles. The first-order valence-corrected chi connectivity index (χ1v) is 6.67. The Morgan fingerprint density at radius 2 is 2.05 bits per heavy atom. The number of halogens is 1. The maximum absolute atomic E-state index is 12.3. The maximum Gasteiger partial charge on any atom is 0.357 e. The monoisotopic (exact) mass is 337 g/mol. The van der Waals surface area contributed by atoms with Crippen molar-refractivity contribution < 1.29 is 9.72 Å². The van der Waals surface area contributed by atoms with Gasteiger partial charge >= 0.3 is 5.82 Å². The van der Waals surface area contributed by atoms with E-state index in [0.717, 1.165) is 5.56 Å². The molecule has 2 rings (SSSR count). The van der Waals surface area contributed by atoms with Crippen molar-refractivity contribution in [1.29, 1.82) is 0 Å². The summed E-state index contributed by atoms with van der Waals surface area (Å²) in [5.41, 5.74) is 1.41. The van der Waals surface area contributed by atoms with Gasteiger partial charge in [0.1, 0.15) is 0 Å². The van der Waals surface area contributed by atoms with Crippen LogP contribution in [0.4, 0.5) is 5.82 Å². The normalized spacial score (nSPS) is 10.6. The molecule has 0 fully saturated rings. The fourth-order valence-corrected chi connectivity index (χ4v) is 2.61. The Morgan fingerprint density at radius 1 is 1.40 bits per heavy atom. The summed E-state index contributed by atoms with van der Waals surface area (Å²) in [6.07, 6.45) is 0. The molecule has 1 heterocycles. The zero-order valence-corrected chi connectivity index (χ0v) is 12.5. The second kappa shape index (κ2) is 5.54. The topological polar surface area (TPSA) is 78.0 Å². The van der Waals surface area contributed by atoms with E-state index in [2.05, 4.69) is 20.9 Å². The molecule has 0 aliphatic rings. The molecule has 104 valence electrons. The number of nitro groups is 1. The number of hydrogen-bond donors (Lipinski definition) is 0. The average Bonchev–Trinajstić information content (AvgIpc) is 2.64. The van der Waals surface area contributed by atoms with Crippen molar-refractivity contribution in [1.82, 2.24) is 9.55 Å². The lowest BCUT2D eigenvalue weighted by molar-refractivity contribution is -0.392. The number of hydrogen-bond acceptors (Lipinski definition) is 4. The number of ketones is 1. The molecular weight excluding hydrogens is 326 g/mol. The Hall–Kier alpha value is -2.02. The lowest BCUT2D eigenvalue weighted by atomic mass is 10.1. The molecule has 2 aromatic rings. The van der Waals surface area contributed by atoms with Gasteiger partial charge in [0.25, 0.3) is 0 Å². The third kappa shape index (κ3) is 2.62. The molecule has 0 atom stereocenters. The maximum atomic E-state index is 12.3. The number of aromatic nitrogens is 2. The van der Waals surface area contributed by atoms with Gasteiger partial charge in [0, 0.05) is 12.5 Å². The standard InChI is InChI=1S/C13H12BrN3O3/c1-8-5-3-4-6-10(8)11(18)7-16-9(2)15-12(14)13(16)17(19)20/h3-6H,7H2,1-2H3. The quantitative estimate of drug-likeness (QED) is 0.488. The zero-order chi connectivity index (χ0) is 14.9. The molecule has 0 saturated carbocycles. The van der Waals surface area contributed by atoms with Crippen molar-refractivity contribution in [2.24, 2.45) is 0 Å². The number of rotatable bonds is 4. The van der Waals surface area contributed by atoms with Crippen molar-refractivity contribution in [3.05, 3.63) is 55.9 Å². The van der Waals surface area contributed by atoms with Crippen LogP contribution in [0.25, 0.3) is 0 Å². The van der Waals surface area contributed by atoms with Crippen molar-refractivity contribution in [3.8, 4) is 0 Å². The fraction of sp³-hybridized carbons (Fsp3) is 0.231. The molecule has 1 aromatic carbocycles. The smallest absolute Gasteiger partial charge is 0.357 e. The van der Waals surface area contributed by atoms with E-state index >= 15 is 0 Å². The molecule has 0 aliphatic carbocycles. The van der Waals surface area contributed by atoms with Crippen molar-refractivity contribution in [2.75, 3.05) is 0 Å². The SMILES string of the molecule is Cc1ccccc1C(=O)Cn1c(C)nc(Br)c1[N+](=O)[O-]. The van der Waals surface area contributed by atoms with E-state index in [9.17, 15) is 14.9 Å². The second-order valence-electron chi connectivity index (χ2n) is 4.35. The van der Waals surface area contributed by atoms with Gasteiger partial charge < -0.3 is 10.1 Å². The lowest BCUT2D eigenvalue weighted by Gasteiger charge is -2.05. The van der Waals surface area contributed by atoms with Crippen molar-refractivity contribution in [3.63, 3.8) is 0 Å². The number of benzene rings is 1. The highest BCUT2D eigenvalue weighted by atomic mass is 79.9. The van der Waals surface area contributed by atoms with Crippen LogP contribution in [0.2, 0.25) is 0 Å². The van der Waals surface area contributed by atoms with Crippen LogP contribution in [0.15, 0.2) is 28.9 Å². The van der Waals surface area contributed by atoms with E-state index in [-0.39, 0.29) is 22.7 Å². The minimum Gasteiger partial charge on any atom is -0.358 e. The summed E-state index contributed by atoms with van der Waals surface area (Å²) in [5, 5.41) is 11.0. The van der Waals surface area contributed by atoms with Gasteiger partial charge in [0.15, 0.2) is 12.4 Å². The average molecular weight is 338 g/mol. The number of Topliss-reactive ketones (excluding diaryl/α,β-unsaturated/α-hetero) is 1. The minimum atomic E-state index is -0.546. The first kappa shape index (κ1) is 14.4. The van der Waals surface area contributed by atoms with Gasteiger partial charge in [0.05, 0.1) is 0 Å². The predicted octanol–water partition coefficient (Wildman–Crippen LogP) is 3.05. The van der Waals surface area contributed by atoms with Crippen LogP contribution in [0.5, 0.6) is 0 Å². The van der Waals surface area contributed by atoms with Crippen LogP contribution in [-0.2, 0) is 6.54 Å². The van der Waals surface area contributed by atoms with Crippen LogP contribution in [0, 0.1) is 24.0 Å². The van der Waals surface area contributed by atoms with E-state index in [4.69, 9.17) is 0 Å². The lowest BCUT2D eigenvalue weighted by Crippen LogP contribution is -2.14. The number of aryl methyl sites for hydroxylation is 2. The summed E-state index contributed by atoms with van der Waals surface area (Å²) < 4.78 is 1.44. The van der Waals surface area contributed by atoms with Gasteiger partial charge in [-0.25, -0.2) is 4.57 Å². The third-order valence-electron chi connectivity index (χ3n) is 3.01. The van der Waals surface area contributed by atoms with Crippen LogP contribution < -0.4 is 0 Å². The Balaban J connectivity index is 2.38. The van der Waals surface area contributed by atoms with E-state index in [1.807, 2.05) is 19.1 Å². The van der Waals surface area contributed by atoms with Crippen molar-refractivity contribution in [2.45, 2.75) is 20.4 Å². The number of imidazole rings is 1. The Morgan fingerprint density at radius 3 is 2.65 bits per heavy atom. The van der Waals surface area contributed by atoms with Gasteiger partial charge in [-0.2, -0.15) is 4.98 Å².